The maximum atomic E-state index is 11.8. The van der Waals surface area contributed by atoms with Crippen LogP contribution in [-0.4, -0.2) is 18.1 Å². The Labute approximate surface area is 124 Å². The SMILES string of the molecule is CCCCC(CC)COP(=O)(O)OCC(CC)CCC. The average Bonchev–Trinajstić information content (AvgIpc) is 2.43. The van der Waals surface area contributed by atoms with E-state index in [2.05, 4.69) is 27.7 Å². The van der Waals surface area contributed by atoms with Gasteiger partial charge in [-0.05, 0) is 24.7 Å². The van der Waals surface area contributed by atoms with Crippen molar-refractivity contribution in [3.63, 3.8) is 0 Å². The standard InChI is InChI=1S/C15H33O4P/c1-5-9-11-15(8-4)13-19-20(16,17)18-12-14(7-3)10-6-2/h14-15H,5-13H2,1-4H3,(H,16,17). The van der Waals surface area contributed by atoms with Crippen molar-refractivity contribution in [2.24, 2.45) is 11.8 Å². The highest BCUT2D eigenvalue weighted by atomic mass is 31.2. The van der Waals surface area contributed by atoms with Gasteiger partial charge in [0.25, 0.3) is 0 Å². The van der Waals surface area contributed by atoms with E-state index in [1.807, 2.05) is 0 Å². The van der Waals surface area contributed by atoms with E-state index in [9.17, 15) is 9.46 Å². The minimum atomic E-state index is -3.88. The number of unbranched alkanes of at least 4 members (excludes halogenated alkanes) is 1. The van der Waals surface area contributed by atoms with Crippen molar-refractivity contribution in [2.75, 3.05) is 13.2 Å². The molecule has 5 heteroatoms. The molecule has 4 nitrogen and oxygen atoms in total. The number of phosphoric acid groups is 1. The van der Waals surface area contributed by atoms with Crippen molar-refractivity contribution in [2.45, 2.75) is 72.6 Å². The zero-order valence-electron chi connectivity index (χ0n) is 13.6. The van der Waals surface area contributed by atoms with Crippen LogP contribution in [0, 0.1) is 11.8 Å². The normalized spacial score (nSPS) is 17.6. The van der Waals surface area contributed by atoms with E-state index in [4.69, 9.17) is 9.05 Å². The predicted molar refractivity (Wildman–Crippen MR) is 83.7 cm³/mol. The molecule has 0 amide bonds. The molecule has 0 fully saturated rings. The van der Waals surface area contributed by atoms with Crippen molar-refractivity contribution in [3.8, 4) is 0 Å². The molecular weight excluding hydrogens is 275 g/mol. The third kappa shape index (κ3) is 9.93. The zero-order valence-corrected chi connectivity index (χ0v) is 14.5. The summed E-state index contributed by atoms with van der Waals surface area (Å²) in [5.41, 5.74) is 0. The van der Waals surface area contributed by atoms with E-state index in [0.29, 0.717) is 25.0 Å². The molecule has 0 aromatic rings. The Hall–Kier alpha value is 0.110. The molecule has 0 saturated heterocycles. The topological polar surface area (TPSA) is 55.8 Å². The molecule has 3 atom stereocenters. The molecule has 0 saturated carbocycles. The predicted octanol–water partition coefficient (Wildman–Crippen LogP) is 5.16. The van der Waals surface area contributed by atoms with Gasteiger partial charge in [0.2, 0.25) is 0 Å². The maximum absolute atomic E-state index is 11.8. The number of hydrogen-bond acceptors (Lipinski definition) is 3. The van der Waals surface area contributed by atoms with E-state index in [-0.39, 0.29) is 0 Å². The van der Waals surface area contributed by atoms with E-state index in [1.165, 1.54) is 0 Å². The summed E-state index contributed by atoms with van der Waals surface area (Å²) in [7, 11) is -3.88. The highest BCUT2D eigenvalue weighted by Gasteiger charge is 2.24. The molecule has 122 valence electrons. The van der Waals surface area contributed by atoms with E-state index in [0.717, 1.165) is 44.9 Å². The third-order valence-corrected chi connectivity index (χ3v) is 4.72. The summed E-state index contributed by atoms with van der Waals surface area (Å²) in [6.45, 7) is 9.04. The Bertz CT molecular complexity index is 271. The Morgan fingerprint density at radius 1 is 0.900 bits per heavy atom. The molecule has 0 heterocycles. The summed E-state index contributed by atoms with van der Waals surface area (Å²) in [6.07, 6.45) is 7.32. The van der Waals surface area contributed by atoms with Gasteiger partial charge in [0.15, 0.2) is 0 Å². The van der Waals surface area contributed by atoms with Gasteiger partial charge in [-0.3, -0.25) is 9.05 Å². The van der Waals surface area contributed by atoms with Gasteiger partial charge < -0.3 is 4.89 Å². The molecule has 0 aromatic heterocycles. The van der Waals surface area contributed by atoms with Crippen molar-refractivity contribution in [1.82, 2.24) is 0 Å². The molecular formula is C15H33O4P. The lowest BCUT2D eigenvalue weighted by Crippen LogP contribution is -2.11. The maximum Gasteiger partial charge on any atom is 0.472 e. The highest BCUT2D eigenvalue weighted by Crippen LogP contribution is 2.44. The average molecular weight is 308 g/mol. The Morgan fingerprint density at radius 2 is 1.40 bits per heavy atom. The quantitative estimate of drug-likeness (QED) is 0.477. The molecule has 0 aromatic carbocycles. The van der Waals surface area contributed by atoms with E-state index in [1.54, 1.807) is 0 Å². The Balaban J connectivity index is 4.06. The van der Waals surface area contributed by atoms with Crippen molar-refractivity contribution in [1.29, 1.82) is 0 Å². The van der Waals surface area contributed by atoms with Gasteiger partial charge in [-0.1, -0.05) is 59.8 Å². The molecule has 0 aliphatic heterocycles. The van der Waals surface area contributed by atoms with Gasteiger partial charge in [-0.2, -0.15) is 0 Å². The summed E-state index contributed by atoms with van der Waals surface area (Å²) in [5, 5.41) is 0. The Kier molecular flexibility index (Phi) is 11.8. The molecule has 0 radical (unpaired) electrons. The lowest BCUT2D eigenvalue weighted by molar-refractivity contribution is 0.111. The Morgan fingerprint density at radius 3 is 1.80 bits per heavy atom. The number of phosphoric ester groups is 1. The van der Waals surface area contributed by atoms with Crippen LogP contribution in [0.15, 0.2) is 0 Å². The second-order valence-electron chi connectivity index (χ2n) is 5.54. The van der Waals surface area contributed by atoms with Crippen LogP contribution in [0.4, 0.5) is 0 Å². The first kappa shape index (κ1) is 20.1. The summed E-state index contributed by atoms with van der Waals surface area (Å²) >= 11 is 0. The number of rotatable bonds is 13. The molecule has 0 spiro atoms. The smallest absolute Gasteiger partial charge is 0.302 e. The van der Waals surface area contributed by atoms with Crippen LogP contribution in [0.25, 0.3) is 0 Å². The lowest BCUT2D eigenvalue weighted by Gasteiger charge is -2.20. The summed E-state index contributed by atoms with van der Waals surface area (Å²) in [6, 6.07) is 0. The number of hydrogen-bond donors (Lipinski definition) is 1. The first-order valence-electron chi connectivity index (χ1n) is 8.10. The van der Waals surface area contributed by atoms with Gasteiger partial charge in [-0.25, -0.2) is 4.57 Å². The second kappa shape index (κ2) is 11.7. The fraction of sp³-hybridized carbons (Fsp3) is 1.00. The van der Waals surface area contributed by atoms with Crippen LogP contribution in [0.2, 0.25) is 0 Å². The third-order valence-electron chi connectivity index (χ3n) is 3.76. The monoisotopic (exact) mass is 308 g/mol. The van der Waals surface area contributed by atoms with Crippen molar-refractivity contribution < 1.29 is 18.5 Å². The van der Waals surface area contributed by atoms with Crippen LogP contribution in [0.1, 0.15) is 72.6 Å². The lowest BCUT2D eigenvalue weighted by atomic mass is 10.0. The van der Waals surface area contributed by atoms with Gasteiger partial charge in [0, 0.05) is 0 Å². The van der Waals surface area contributed by atoms with Crippen LogP contribution >= 0.6 is 7.82 Å². The summed E-state index contributed by atoms with van der Waals surface area (Å²) in [5.74, 6) is 0.683. The summed E-state index contributed by atoms with van der Waals surface area (Å²) < 4.78 is 22.1. The summed E-state index contributed by atoms with van der Waals surface area (Å²) in [4.78, 5) is 9.71. The van der Waals surface area contributed by atoms with Gasteiger partial charge in [0.05, 0.1) is 13.2 Å². The van der Waals surface area contributed by atoms with E-state index < -0.39 is 7.82 Å². The molecule has 1 N–H and O–H groups in total. The second-order valence-corrected chi connectivity index (χ2v) is 6.99. The first-order chi connectivity index (χ1) is 9.49. The zero-order chi connectivity index (χ0) is 15.4. The fourth-order valence-electron chi connectivity index (χ4n) is 2.15. The fourth-order valence-corrected chi connectivity index (χ4v) is 3.02. The molecule has 3 unspecified atom stereocenters. The van der Waals surface area contributed by atoms with Crippen LogP contribution < -0.4 is 0 Å². The van der Waals surface area contributed by atoms with Crippen molar-refractivity contribution >= 4 is 7.82 Å². The largest absolute Gasteiger partial charge is 0.472 e. The minimum Gasteiger partial charge on any atom is -0.302 e. The van der Waals surface area contributed by atoms with Gasteiger partial charge in [0.1, 0.15) is 0 Å². The van der Waals surface area contributed by atoms with E-state index >= 15 is 0 Å². The van der Waals surface area contributed by atoms with Gasteiger partial charge in [-0.15, -0.1) is 0 Å². The minimum absolute atomic E-state index is 0.309. The van der Waals surface area contributed by atoms with Crippen molar-refractivity contribution in [3.05, 3.63) is 0 Å². The first-order valence-corrected chi connectivity index (χ1v) is 9.60. The highest BCUT2D eigenvalue weighted by molar-refractivity contribution is 7.47. The van der Waals surface area contributed by atoms with Crippen LogP contribution in [0.3, 0.4) is 0 Å². The molecule has 0 rings (SSSR count). The molecule has 0 aliphatic carbocycles. The van der Waals surface area contributed by atoms with Crippen LogP contribution in [0.5, 0.6) is 0 Å². The molecule has 0 aliphatic rings. The van der Waals surface area contributed by atoms with Gasteiger partial charge >= 0.3 is 7.82 Å². The molecule has 0 bridgehead atoms. The van der Waals surface area contributed by atoms with Crippen LogP contribution in [-0.2, 0) is 13.6 Å². The molecule has 20 heavy (non-hydrogen) atoms.